The van der Waals surface area contributed by atoms with Gasteiger partial charge in [0.2, 0.25) is 11.8 Å². The van der Waals surface area contributed by atoms with Gasteiger partial charge in [0, 0.05) is 0 Å². The van der Waals surface area contributed by atoms with Gasteiger partial charge in [0.05, 0.1) is 12.0 Å². The molecule has 138 valence electrons. The fourth-order valence-electron chi connectivity index (χ4n) is 2.48. The minimum Gasteiger partial charge on any atom is -0.368 e. The number of carbonyl (C=O) groups excluding carboxylic acids is 2. The first-order valence-corrected chi connectivity index (χ1v) is 8.04. The lowest BCUT2D eigenvalue weighted by molar-refractivity contribution is -0.137. The minimum atomic E-state index is -4.42. The Morgan fingerprint density at radius 1 is 0.962 bits per heavy atom. The molecule has 4 nitrogen and oxygen atoms in total. The van der Waals surface area contributed by atoms with Crippen molar-refractivity contribution in [2.24, 2.45) is 5.73 Å². The van der Waals surface area contributed by atoms with Crippen LogP contribution in [0.25, 0.3) is 0 Å². The number of rotatable bonds is 7. The van der Waals surface area contributed by atoms with Gasteiger partial charge >= 0.3 is 6.18 Å². The number of amides is 2. The number of aryl methyl sites for hydroxylation is 1. The standard InChI is InChI=1S/C19H19F3N2O2/c20-19(21,22)15-9-6-14(7-10-15)12-17(25)24-16(18(23)26)11-8-13-4-2-1-3-5-13/h1-7,9-10,16H,8,11-12H2,(H2,23,26)(H,24,25)/t16-/m1/s1. The van der Waals surface area contributed by atoms with Crippen LogP contribution in [0, 0.1) is 0 Å². The Kier molecular flexibility index (Phi) is 6.38. The number of nitrogens with one attached hydrogen (secondary N) is 1. The smallest absolute Gasteiger partial charge is 0.368 e. The quantitative estimate of drug-likeness (QED) is 0.793. The molecule has 0 unspecified atom stereocenters. The lowest BCUT2D eigenvalue weighted by Gasteiger charge is -2.16. The van der Waals surface area contributed by atoms with Crippen molar-refractivity contribution in [3.63, 3.8) is 0 Å². The first-order chi connectivity index (χ1) is 12.3. The number of halogens is 3. The maximum atomic E-state index is 12.5. The summed E-state index contributed by atoms with van der Waals surface area (Å²) in [7, 11) is 0. The molecule has 0 aliphatic carbocycles. The van der Waals surface area contributed by atoms with Crippen molar-refractivity contribution >= 4 is 11.8 Å². The van der Waals surface area contributed by atoms with Crippen LogP contribution in [0.15, 0.2) is 54.6 Å². The average Bonchev–Trinajstić information content (AvgIpc) is 2.59. The van der Waals surface area contributed by atoms with Crippen molar-refractivity contribution in [2.75, 3.05) is 0 Å². The Balaban J connectivity index is 1.92. The molecule has 3 N–H and O–H groups in total. The van der Waals surface area contributed by atoms with Crippen molar-refractivity contribution in [1.29, 1.82) is 0 Å². The molecule has 0 heterocycles. The Bertz CT molecular complexity index is 744. The van der Waals surface area contributed by atoms with Crippen LogP contribution in [0.5, 0.6) is 0 Å². The maximum absolute atomic E-state index is 12.5. The van der Waals surface area contributed by atoms with Crippen LogP contribution >= 0.6 is 0 Å². The second kappa shape index (κ2) is 8.51. The molecule has 2 aromatic rings. The van der Waals surface area contributed by atoms with Crippen LogP contribution in [-0.4, -0.2) is 17.9 Å². The highest BCUT2D eigenvalue weighted by atomic mass is 19.4. The van der Waals surface area contributed by atoms with E-state index in [-0.39, 0.29) is 6.42 Å². The molecule has 0 bridgehead atoms. The van der Waals surface area contributed by atoms with E-state index in [1.807, 2.05) is 30.3 Å². The van der Waals surface area contributed by atoms with Crippen molar-refractivity contribution in [2.45, 2.75) is 31.5 Å². The highest BCUT2D eigenvalue weighted by Gasteiger charge is 2.30. The van der Waals surface area contributed by atoms with E-state index in [1.165, 1.54) is 12.1 Å². The minimum absolute atomic E-state index is 0.132. The van der Waals surface area contributed by atoms with Gasteiger partial charge in [-0.25, -0.2) is 0 Å². The van der Waals surface area contributed by atoms with E-state index in [1.54, 1.807) is 0 Å². The van der Waals surface area contributed by atoms with Crippen LogP contribution in [0.3, 0.4) is 0 Å². The van der Waals surface area contributed by atoms with Crippen LogP contribution in [0.4, 0.5) is 13.2 Å². The van der Waals surface area contributed by atoms with Gasteiger partial charge in [0.15, 0.2) is 0 Å². The largest absolute Gasteiger partial charge is 0.416 e. The molecule has 0 saturated carbocycles. The first-order valence-electron chi connectivity index (χ1n) is 8.04. The van der Waals surface area contributed by atoms with Crippen LogP contribution in [-0.2, 0) is 28.6 Å². The number of nitrogens with two attached hydrogens (primary N) is 1. The van der Waals surface area contributed by atoms with Gasteiger partial charge in [-0.05, 0) is 36.1 Å². The molecule has 0 aliphatic rings. The SMILES string of the molecule is NC(=O)[C@@H](CCc1ccccc1)NC(=O)Cc1ccc(C(F)(F)F)cc1. The normalized spacial score (nSPS) is 12.4. The summed E-state index contributed by atoms with van der Waals surface area (Å²) >= 11 is 0. The summed E-state index contributed by atoms with van der Waals surface area (Å²) in [5.41, 5.74) is 5.98. The topological polar surface area (TPSA) is 72.2 Å². The van der Waals surface area contributed by atoms with Crippen LogP contribution in [0.2, 0.25) is 0 Å². The summed E-state index contributed by atoms with van der Waals surface area (Å²) in [4.78, 5) is 23.6. The third kappa shape index (κ3) is 5.91. The third-order valence-electron chi connectivity index (χ3n) is 3.89. The van der Waals surface area contributed by atoms with Crippen molar-refractivity contribution in [1.82, 2.24) is 5.32 Å². The highest BCUT2D eigenvalue weighted by molar-refractivity contribution is 5.87. The van der Waals surface area contributed by atoms with E-state index in [9.17, 15) is 22.8 Å². The molecule has 0 fully saturated rings. The molecule has 7 heteroatoms. The number of benzene rings is 2. The lowest BCUT2D eigenvalue weighted by atomic mass is 10.0. The van der Waals surface area contributed by atoms with Crippen molar-refractivity contribution < 1.29 is 22.8 Å². The molecule has 1 atom stereocenters. The summed E-state index contributed by atoms with van der Waals surface area (Å²) in [6, 6.07) is 12.9. The van der Waals surface area contributed by atoms with Crippen molar-refractivity contribution in [3.8, 4) is 0 Å². The number of alkyl halides is 3. The summed E-state index contributed by atoms with van der Waals surface area (Å²) in [6.07, 6.45) is -3.64. The molecule has 0 aromatic heterocycles. The number of hydrogen-bond donors (Lipinski definition) is 2. The summed E-state index contributed by atoms with van der Waals surface area (Å²) in [6.45, 7) is 0. The van der Waals surface area contributed by atoms with Crippen molar-refractivity contribution in [3.05, 3.63) is 71.3 Å². The van der Waals surface area contributed by atoms with Gasteiger partial charge < -0.3 is 11.1 Å². The van der Waals surface area contributed by atoms with Gasteiger partial charge in [-0.2, -0.15) is 13.2 Å². The molecule has 0 spiro atoms. The Morgan fingerprint density at radius 2 is 1.58 bits per heavy atom. The fraction of sp³-hybridized carbons (Fsp3) is 0.263. The Morgan fingerprint density at radius 3 is 2.12 bits per heavy atom. The van der Waals surface area contributed by atoms with Gasteiger partial charge in [-0.1, -0.05) is 42.5 Å². The molecule has 0 radical (unpaired) electrons. The molecular formula is C19H19F3N2O2. The molecule has 2 rings (SSSR count). The van der Waals surface area contributed by atoms with Gasteiger partial charge in [-0.15, -0.1) is 0 Å². The Labute approximate surface area is 149 Å². The Hall–Kier alpha value is -2.83. The summed E-state index contributed by atoms with van der Waals surface area (Å²) in [5, 5.41) is 2.54. The van der Waals surface area contributed by atoms with Crippen LogP contribution < -0.4 is 11.1 Å². The van der Waals surface area contributed by atoms with Gasteiger partial charge in [0.1, 0.15) is 6.04 Å². The average molecular weight is 364 g/mol. The van der Waals surface area contributed by atoms with E-state index < -0.39 is 29.6 Å². The summed E-state index contributed by atoms with van der Waals surface area (Å²) < 4.78 is 37.6. The molecule has 0 saturated heterocycles. The summed E-state index contributed by atoms with van der Waals surface area (Å²) in [5.74, 6) is -1.12. The van der Waals surface area contributed by atoms with Gasteiger partial charge in [0.25, 0.3) is 0 Å². The monoisotopic (exact) mass is 364 g/mol. The number of primary amides is 1. The molecule has 2 amide bonds. The predicted octanol–water partition coefficient (Wildman–Crippen LogP) is 2.85. The number of hydrogen-bond acceptors (Lipinski definition) is 2. The number of carbonyl (C=O) groups is 2. The molecule has 0 aliphatic heterocycles. The fourth-order valence-corrected chi connectivity index (χ4v) is 2.48. The molecule has 2 aromatic carbocycles. The lowest BCUT2D eigenvalue weighted by Crippen LogP contribution is -2.45. The van der Waals surface area contributed by atoms with E-state index in [2.05, 4.69) is 5.32 Å². The zero-order valence-corrected chi connectivity index (χ0v) is 13.9. The second-order valence-corrected chi connectivity index (χ2v) is 5.92. The van der Waals surface area contributed by atoms with Crippen LogP contribution in [0.1, 0.15) is 23.1 Å². The van der Waals surface area contributed by atoms with E-state index in [0.29, 0.717) is 18.4 Å². The molecular weight excluding hydrogens is 345 g/mol. The van der Waals surface area contributed by atoms with E-state index in [0.717, 1.165) is 17.7 Å². The van der Waals surface area contributed by atoms with Gasteiger partial charge in [-0.3, -0.25) is 9.59 Å². The van der Waals surface area contributed by atoms with E-state index >= 15 is 0 Å². The van der Waals surface area contributed by atoms with E-state index in [4.69, 9.17) is 5.73 Å². The maximum Gasteiger partial charge on any atom is 0.416 e. The third-order valence-corrected chi connectivity index (χ3v) is 3.89. The highest BCUT2D eigenvalue weighted by Crippen LogP contribution is 2.29. The predicted molar refractivity (Wildman–Crippen MR) is 91.0 cm³/mol. The zero-order chi connectivity index (χ0) is 19.2. The first kappa shape index (κ1) is 19.5. The molecule has 26 heavy (non-hydrogen) atoms. The second-order valence-electron chi connectivity index (χ2n) is 5.92. The zero-order valence-electron chi connectivity index (χ0n) is 13.9.